The van der Waals surface area contributed by atoms with Crippen molar-refractivity contribution in [3.8, 4) is 0 Å². The van der Waals surface area contributed by atoms with Gasteiger partial charge in [-0.25, -0.2) is 0 Å². The van der Waals surface area contributed by atoms with Crippen LogP contribution in [0.25, 0.3) is 0 Å². The van der Waals surface area contributed by atoms with Crippen LogP contribution in [0.1, 0.15) is 0 Å². The van der Waals surface area contributed by atoms with Crippen LogP contribution in [0.5, 0.6) is 0 Å². The maximum absolute atomic E-state index is 5.08. The van der Waals surface area contributed by atoms with Crippen molar-refractivity contribution in [1.82, 2.24) is 5.32 Å². The van der Waals surface area contributed by atoms with Crippen molar-refractivity contribution >= 4 is 0 Å². The van der Waals surface area contributed by atoms with Gasteiger partial charge in [0.05, 0.1) is 0 Å². The van der Waals surface area contributed by atoms with Crippen LogP contribution in [-0.4, -0.2) is 20.1 Å². The van der Waals surface area contributed by atoms with E-state index in [1.165, 1.54) is 0 Å². The van der Waals surface area contributed by atoms with Gasteiger partial charge in [-0.2, -0.15) is 0 Å². The molecule has 0 aromatic heterocycles. The fourth-order valence-corrected chi connectivity index (χ4v) is 0.144. The summed E-state index contributed by atoms with van der Waals surface area (Å²) in [7, 11) is 1.88. The normalized spacial score (nSPS) is 7.00. The van der Waals surface area contributed by atoms with E-state index in [1.54, 1.807) is 0 Å². The molecule has 0 aliphatic heterocycles. The molecule has 0 fully saturated rings. The molecule has 0 aliphatic rings. The van der Waals surface area contributed by atoms with Crippen molar-refractivity contribution in [3.63, 3.8) is 0 Å². The van der Waals surface area contributed by atoms with Crippen molar-refractivity contribution in [2.24, 2.45) is 5.73 Å². The van der Waals surface area contributed by atoms with Crippen molar-refractivity contribution < 1.29 is 19.5 Å². The van der Waals surface area contributed by atoms with E-state index in [0.29, 0.717) is 0 Å². The van der Waals surface area contributed by atoms with Crippen molar-refractivity contribution in [2.75, 3.05) is 20.1 Å². The largest absolute Gasteiger partial charge is 0.329 e. The van der Waals surface area contributed by atoms with E-state index >= 15 is 0 Å². The van der Waals surface area contributed by atoms with Crippen LogP contribution in [-0.2, 0) is 19.5 Å². The Morgan fingerprint density at radius 1 is 1.67 bits per heavy atom. The third-order valence-corrected chi connectivity index (χ3v) is 0.394. The Hall–Kier alpha value is 0.543. The minimum Gasteiger partial charge on any atom is -0.329 e. The Kier molecular flexibility index (Phi) is 14.8. The molecule has 0 saturated carbocycles. The number of nitrogens with two attached hydrogens (primary N) is 1. The van der Waals surface area contributed by atoms with Crippen LogP contribution in [0.2, 0.25) is 0 Å². The molecule has 0 aromatic rings. The second-order valence-corrected chi connectivity index (χ2v) is 0.892. The third-order valence-electron chi connectivity index (χ3n) is 0.394. The van der Waals surface area contributed by atoms with E-state index in [0.717, 1.165) is 13.1 Å². The van der Waals surface area contributed by atoms with Gasteiger partial charge in [-0.15, -0.1) is 0 Å². The molecular weight excluding hydrogens is 129 g/mol. The zero-order valence-corrected chi connectivity index (χ0v) is 7.17. The third kappa shape index (κ3) is 8.82. The SMILES string of the molecule is CNCCN.[Zn]. The van der Waals surface area contributed by atoms with Crippen molar-refractivity contribution in [2.45, 2.75) is 0 Å². The molecule has 6 heavy (non-hydrogen) atoms. The maximum Gasteiger partial charge on any atom is 0.00714 e. The van der Waals surface area contributed by atoms with Gasteiger partial charge in [0.2, 0.25) is 0 Å². The van der Waals surface area contributed by atoms with E-state index in [2.05, 4.69) is 5.32 Å². The number of rotatable bonds is 2. The van der Waals surface area contributed by atoms with Gasteiger partial charge in [-0.1, -0.05) is 0 Å². The molecule has 0 amide bonds. The van der Waals surface area contributed by atoms with E-state index in [9.17, 15) is 0 Å². The molecule has 3 heteroatoms. The first-order valence-electron chi connectivity index (χ1n) is 1.76. The first-order valence-corrected chi connectivity index (χ1v) is 1.76. The molecule has 0 atom stereocenters. The van der Waals surface area contributed by atoms with Gasteiger partial charge in [0.1, 0.15) is 0 Å². The number of hydrogen-bond donors (Lipinski definition) is 2. The van der Waals surface area contributed by atoms with E-state index < -0.39 is 0 Å². The van der Waals surface area contributed by atoms with Crippen LogP contribution >= 0.6 is 0 Å². The summed E-state index contributed by atoms with van der Waals surface area (Å²) in [5.74, 6) is 0. The molecule has 0 bridgehead atoms. The summed E-state index contributed by atoms with van der Waals surface area (Å²) < 4.78 is 0. The molecule has 2 nitrogen and oxygen atoms in total. The number of nitrogens with one attached hydrogen (secondary N) is 1. The van der Waals surface area contributed by atoms with Gasteiger partial charge in [0.15, 0.2) is 0 Å². The standard InChI is InChI=1S/C3H10N2.Zn/c1-5-3-2-4;/h5H,2-4H2,1H3;. The summed E-state index contributed by atoms with van der Waals surface area (Å²) in [5, 5.41) is 2.89. The van der Waals surface area contributed by atoms with Crippen LogP contribution < -0.4 is 11.1 Å². The monoisotopic (exact) mass is 138 g/mol. The number of hydrogen-bond acceptors (Lipinski definition) is 2. The second-order valence-electron chi connectivity index (χ2n) is 0.892. The molecule has 0 heterocycles. The Morgan fingerprint density at radius 3 is 2.17 bits per heavy atom. The zero-order valence-electron chi connectivity index (χ0n) is 4.20. The minimum atomic E-state index is 0. The smallest absolute Gasteiger partial charge is 0.00714 e. The van der Waals surface area contributed by atoms with Gasteiger partial charge in [-0.05, 0) is 7.05 Å². The molecule has 3 N–H and O–H groups in total. The number of likely N-dealkylation sites (N-methyl/N-ethyl adjacent to an activating group) is 1. The van der Waals surface area contributed by atoms with Gasteiger partial charge >= 0.3 is 0 Å². The minimum absolute atomic E-state index is 0. The zero-order chi connectivity index (χ0) is 4.12. The fraction of sp³-hybridized carbons (Fsp3) is 1.00. The van der Waals surface area contributed by atoms with Crippen molar-refractivity contribution in [1.29, 1.82) is 0 Å². The Balaban J connectivity index is 0. The van der Waals surface area contributed by atoms with E-state index in [4.69, 9.17) is 5.73 Å². The molecular formula is C3H10N2Zn. The first kappa shape index (κ1) is 9.74. The summed E-state index contributed by atoms with van der Waals surface area (Å²) in [6.45, 7) is 1.65. The Labute approximate surface area is 51.2 Å². The molecule has 0 aromatic carbocycles. The first-order chi connectivity index (χ1) is 2.41. The summed E-state index contributed by atoms with van der Waals surface area (Å²) in [5.41, 5.74) is 5.08. The van der Waals surface area contributed by atoms with Crippen molar-refractivity contribution in [3.05, 3.63) is 0 Å². The molecule has 34 valence electrons. The summed E-state index contributed by atoms with van der Waals surface area (Å²) in [6.07, 6.45) is 0. The van der Waals surface area contributed by atoms with Crippen LogP contribution in [0, 0.1) is 0 Å². The van der Waals surface area contributed by atoms with Gasteiger partial charge in [0.25, 0.3) is 0 Å². The van der Waals surface area contributed by atoms with Crippen LogP contribution in [0.15, 0.2) is 0 Å². The fourth-order valence-electron chi connectivity index (χ4n) is 0.144. The maximum atomic E-state index is 5.08. The molecule has 0 spiro atoms. The van der Waals surface area contributed by atoms with E-state index in [-0.39, 0.29) is 19.5 Å². The topological polar surface area (TPSA) is 38.0 Å². The van der Waals surface area contributed by atoms with E-state index in [1.807, 2.05) is 7.05 Å². The van der Waals surface area contributed by atoms with Crippen LogP contribution in [0.4, 0.5) is 0 Å². The van der Waals surface area contributed by atoms with Gasteiger partial charge in [-0.3, -0.25) is 0 Å². The summed E-state index contributed by atoms with van der Waals surface area (Å²) >= 11 is 0. The van der Waals surface area contributed by atoms with Gasteiger partial charge < -0.3 is 11.1 Å². The quantitative estimate of drug-likeness (QED) is 0.490. The second kappa shape index (κ2) is 9.11. The molecule has 0 aliphatic carbocycles. The van der Waals surface area contributed by atoms with Gasteiger partial charge in [0, 0.05) is 32.6 Å². The summed E-state index contributed by atoms with van der Waals surface area (Å²) in [6, 6.07) is 0. The predicted octanol–water partition coefficient (Wildman–Crippen LogP) is -0.838. The van der Waals surface area contributed by atoms with Crippen LogP contribution in [0.3, 0.4) is 0 Å². The molecule has 0 unspecified atom stereocenters. The molecule has 0 saturated heterocycles. The Bertz CT molecular complexity index is 16.3. The Morgan fingerprint density at radius 2 is 2.17 bits per heavy atom. The average molecular weight is 140 g/mol. The molecule has 0 rings (SSSR count). The predicted molar refractivity (Wildman–Crippen MR) is 23.0 cm³/mol. The average Bonchev–Trinajstić information content (AvgIpc) is 1.41. The molecule has 0 radical (unpaired) electrons. The summed E-state index contributed by atoms with van der Waals surface area (Å²) in [4.78, 5) is 0.